The van der Waals surface area contributed by atoms with Gasteiger partial charge in [-0.25, -0.2) is 0 Å². The van der Waals surface area contributed by atoms with Crippen molar-refractivity contribution in [2.45, 2.75) is 33.2 Å². The van der Waals surface area contributed by atoms with Crippen LogP contribution in [0.2, 0.25) is 0 Å². The van der Waals surface area contributed by atoms with Gasteiger partial charge in [-0.15, -0.1) is 6.58 Å². The summed E-state index contributed by atoms with van der Waals surface area (Å²) in [5.41, 5.74) is 6.73. The Kier molecular flexibility index (Phi) is 6.13. The molecule has 4 nitrogen and oxygen atoms in total. The van der Waals surface area contributed by atoms with Crippen molar-refractivity contribution in [1.29, 1.82) is 0 Å². The molecular weight excluding hydrogens is 394 g/mol. The molecule has 0 fully saturated rings. The van der Waals surface area contributed by atoms with Gasteiger partial charge in [-0.2, -0.15) is 0 Å². The van der Waals surface area contributed by atoms with Crippen LogP contribution in [0.25, 0.3) is 10.9 Å². The van der Waals surface area contributed by atoms with Crippen molar-refractivity contribution < 1.29 is 4.79 Å². The molecule has 3 aromatic carbocycles. The summed E-state index contributed by atoms with van der Waals surface area (Å²) >= 11 is 0. The third-order valence-electron chi connectivity index (χ3n) is 5.74. The van der Waals surface area contributed by atoms with Gasteiger partial charge in [0.2, 0.25) is 0 Å². The first-order valence-corrected chi connectivity index (χ1v) is 10.9. The third kappa shape index (κ3) is 4.30. The number of benzene rings is 3. The van der Waals surface area contributed by atoms with Crippen molar-refractivity contribution in [3.05, 3.63) is 102 Å². The lowest BCUT2D eigenvalue weighted by molar-refractivity contribution is 0.101. The molecule has 4 aromatic rings. The molecule has 162 valence electrons. The molecule has 4 rings (SSSR count). The fourth-order valence-electron chi connectivity index (χ4n) is 4.03. The fraction of sp³-hybridized carbons (Fsp3) is 0.179. The predicted octanol–water partition coefficient (Wildman–Crippen LogP) is 7.26. The van der Waals surface area contributed by atoms with Gasteiger partial charge in [0.15, 0.2) is 0 Å². The number of carbonyl (C=O) groups is 1. The van der Waals surface area contributed by atoms with Crippen LogP contribution in [0, 0.1) is 6.92 Å². The summed E-state index contributed by atoms with van der Waals surface area (Å²) in [6, 6.07) is 24.2. The molecule has 0 radical (unpaired) electrons. The lowest BCUT2D eigenvalue weighted by atomic mass is 10.0. The molecule has 32 heavy (non-hydrogen) atoms. The number of nitrogens with one attached hydrogen (secondary N) is 2. The van der Waals surface area contributed by atoms with E-state index in [1.807, 2.05) is 72.2 Å². The second-order valence-electron chi connectivity index (χ2n) is 8.33. The first-order chi connectivity index (χ1) is 15.5. The number of anilines is 3. The van der Waals surface area contributed by atoms with Crippen LogP contribution >= 0.6 is 0 Å². The molecule has 0 aliphatic carbocycles. The van der Waals surface area contributed by atoms with Crippen LogP contribution in [0.5, 0.6) is 0 Å². The number of hydrogen-bond acceptors (Lipinski definition) is 2. The molecule has 0 unspecified atom stereocenters. The van der Waals surface area contributed by atoms with Crippen LogP contribution in [-0.4, -0.2) is 10.5 Å². The highest BCUT2D eigenvalue weighted by atomic mass is 16.2. The highest BCUT2D eigenvalue weighted by Crippen LogP contribution is 2.30. The average Bonchev–Trinajstić information content (AvgIpc) is 3.07. The SMILES string of the molecule is C=CCn1c(C(=O)Nc2ccc(Nc3ccccc3)cc2)c(C)c2cc(C(C)C)ccc21. The molecule has 0 saturated heterocycles. The molecule has 0 spiro atoms. The Bertz CT molecular complexity index is 1250. The zero-order valence-corrected chi connectivity index (χ0v) is 18.9. The van der Waals surface area contributed by atoms with E-state index in [9.17, 15) is 4.79 Å². The van der Waals surface area contributed by atoms with E-state index in [0.717, 1.165) is 33.5 Å². The number of allylic oxidation sites excluding steroid dienone is 1. The fourth-order valence-corrected chi connectivity index (χ4v) is 4.03. The minimum absolute atomic E-state index is 0.115. The van der Waals surface area contributed by atoms with Gasteiger partial charge in [-0.3, -0.25) is 4.79 Å². The first-order valence-electron chi connectivity index (χ1n) is 10.9. The minimum Gasteiger partial charge on any atom is -0.356 e. The van der Waals surface area contributed by atoms with Crippen LogP contribution in [-0.2, 0) is 6.54 Å². The number of hydrogen-bond donors (Lipinski definition) is 2. The largest absolute Gasteiger partial charge is 0.356 e. The molecule has 2 N–H and O–H groups in total. The lowest BCUT2D eigenvalue weighted by Crippen LogP contribution is -2.18. The number of rotatable bonds is 7. The normalized spacial score (nSPS) is 11.0. The topological polar surface area (TPSA) is 46.1 Å². The summed E-state index contributed by atoms with van der Waals surface area (Å²) in [4.78, 5) is 13.3. The van der Waals surface area contributed by atoms with Crippen molar-refractivity contribution in [3.8, 4) is 0 Å². The van der Waals surface area contributed by atoms with Crippen LogP contribution in [0.1, 0.15) is 41.4 Å². The molecule has 1 heterocycles. The van der Waals surface area contributed by atoms with E-state index in [4.69, 9.17) is 0 Å². The molecular formula is C28H29N3O. The van der Waals surface area contributed by atoms with Gasteiger partial charge < -0.3 is 15.2 Å². The van der Waals surface area contributed by atoms with Crippen molar-refractivity contribution in [2.75, 3.05) is 10.6 Å². The van der Waals surface area contributed by atoms with Crippen LogP contribution < -0.4 is 10.6 Å². The summed E-state index contributed by atoms with van der Waals surface area (Å²) in [7, 11) is 0. The van der Waals surface area contributed by atoms with Gasteiger partial charge in [0.1, 0.15) is 5.69 Å². The van der Waals surface area contributed by atoms with Crippen LogP contribution in [0.3, 0.4) is 0 Å². The summed E-state index contributed by atoms with van der Waals surface area (Å²) in [5.74, 6) is 0.317. The monoisotopic (exact) mass is 423 g/mol. The molecule has 1 amide bonds. The van der Waals surface area contributed by atoms with Gasteiger partial charge in [-0.05, 0) is 72.5 Å². The maximum Gasteiger partial charge on any atom is 0.272 e. The first kappa shape index (κ1) is 21.4. The van der Waals surface area contributed by atoms with Crippen LogP contribution in [0.4, 0.5) is 17.1 Å². The quantitative estimate of drug-likeness (QED) is 0.307. The Labute approximate surface area is 189 Å². The molecule has 0 atom stereocenters. The summed E-state index contributed by atoms with van der Waals surface area (Å²) in [6.07, 6.45) is 1.83. The maximum atomic E-state index is 13.3. The summed E-state index contributed by atoms with van der Waals surface area (Å²) in [6.45, 7) is 10.8. The molecule has 0 aliphatic rings. The second-order valence-corrected chi connectivity index (χ2v) is 8.33. The van der Waals surface area contributed by atoms with E-state index < -0.39 is 0 Å². The second kappa shape index (κ2) is 9.15. The van der Waals surface area contributed by atoms with Crippen molar-refractivity contribution >= 4 is 33.9 Å². The number of para-hydroxylation sites is 1. The Morgan fingerprint density at radius 3 is 2.28 bits per heavy atom. The van der Waals surface area contributed by atoms with E-state index >= 15 is 0 Å². The van der Waals surface area contributed by atoms with Gasteiger partial charge >= 0.3 is 0 Å². The van der Waals surface area contributed by atoms with Gasteiger partial charge in [0.05, 0.1) is 0 Å². The standard InChI is InChI=1S/C28H29N3O/c1-5-17-31-26-16-11-21(19(2)3)18-25(26)20(4)27(31)28(32)30-24-14-12-23(13-15-24)29-22-9-7-6-8-10-22/h5-16,18-19,29H,1,17H2,2-4H3,(H,30,32). The van der Waals surface area contributed by atoms with Gasteiger partial charge in [0.25, 0.3) is 5.91 Å². The highest BCUT2D eigenvalue weighted by Gasteiger charge is 2.20. The molecule has 4 heteroatoms. The van der Waals surface area contributed by atoms with Crippen molar-refractivity contribution in [1.82, 2.24) is 4.57 Å². The molecule has 1 aromatic heterocycles. The predicted molar refractivity (Wildman–Crippen MR) is 135 cm³/mol. The van der Waals surface area contributed by atoms with E-state index in [-0.39, 0.29) is 5.91 Å². The zero-order chi connectivity index (χ0) is 22.7. The van der Waals surface area contributed by atoms with Gasteiger partial charge in [-0.1, -0.05) is 44.2 Å². The Morgan fingerprint density at radius 1 is 0.969 bits per heavy atom. The number of aromatic nitrogens is 1. The summed E-state index contributed by atoms with van der Waals surface area (Å²) < 4.78 is 2.04. The molecule has 0 aliphatic heterocycles. The van der Waals surface area contributed by atoms with Crippen molar-refractivity contribution in [2.24, 2.45) is 0 Å². The molecule has 0 bridgehead atoms. The zero-order valence-electron chi connectivity index (χ0n) is 18.9. The van der Waals surface area contributed by atoms with E-state index in [1.165, 1.54) is 5.56 Å². The Hall–Kier alpha value is -3.79. The van der Waals surface area contributed by atoms with E-state index in [0.29, 0.717) is 18.2 Å². The third-order valence-corrected chi connectivity index (χ3v) is 5.74. The molecule has 0 saturated carbocycles. The Balaban J connectivity index is 1.61. The average molecular weight is 424 g/mol. The smallest absolute Gasteiger partial charge is 0.272 e. The number of carbonyl (C=O) groups excluding carboxylic acids is 1. The number of fused-ring (bicyclic) bond motifs is 1. The highest BCUT2D eigenvalue weighted by molar-refractivity contribution is 6.08. The lowest BCUT2D eigenvalue weighted by Gasteiger charge is -2.11. The number of amides is 1. The van der Waals surface area contributed by atoms with E-state index in [2.05, 4.69) is 49.3 Å². The maximum absolute atomic E-state index is 13.3. The van der Waals surface area contributed by atoms with Crippen molar-refractivity contribution in [3.63, 3.8) is 0 Å². The minimum atomic E-state index is -0.115. The van der Waals surface area contributed by atoms with Gasteiger partial charge in [0, 0.05) is 34.5 Å². The summed E-state index contributed by atoms with van der Waals surface area (Å²) in [5, 5.41) is 7.54. The van der Waals surface area contributed by atoms with E-state index in [1.54, 1.807) is 0 Å². The number of aryl methyl sites for hydroxylation is 1. The van der Waals surface area contributed by atoms with Crippen LogP contribution in [0.15, 0.2) is 85.5 Å². The number of nitrogens with zero attached hydrogens (tertiary/aromatic N) is 1. The Morgan fingerprint density at radius 2 is 1.62 bits per heavy atom.